The van der Waals surface area contributed by atoms with Gasteiger partial charge in [0.1, 0.15) is 0 Å². The number of fused-ring (bicyclic) bond motifs is 1. The number of rotatable bonds is 3. The smallest absolute Gasteiger partial charge is 0.206 e. The normalized spacial score (nSPS) is 13.6. The van der Waals surface area contributed by atoms with Gasteiger partial charge in [-0.3, -0.25) is 0 Å². The molecule has 0 aromatic heterocycles. The average molecular weight is 386 g/mol. The fraction of sp³-hybridized carbons (Fsp3) is 0.111. The van der Waals surface area contributed by atoms with Crippen LogP contribution in [0.25, 0.3) is 12.1 Å². The van der Waals surface area contributed by atoms with Gasteiger partial charge in [-0.25, -0.2) is 8.42 Å². The van der Waals surface area contributed by atoms with Gasteiger partial charge in [0.25, 0.3) is 0 Å². The first-order chi connectivity index (χ1) is 10.9. The summed E-state index contributed by atoms with van der Waals surface area (Å²) in [6.07, 6.45) is 2.70. The molecule has 0 unspecified atom stereocenters. The lowest BCUT2D eigenvalue weighted by Gasteiger charge is -2.11. The standard InChI is InChI=1S/C18H15BBrO2S/c1-3-13-9-17(10-14-8-12(2)19-11-18(13)14)23(21,22)16-6-4-15(20)5-7-16/h4-11H,2-3H2,1H3. The number of hydrogen-bond donors (Lipinski definition) is 0. The van der Waals surface area contributed by atoms with Gasteiger partial charge in [-0.2, -0.15) is 0 Å². The Kier molecular flexibility index (Phi) is 4.34. The molecule has 0 saturated heterocycles. The Balaban J connectivity index is 2.25. The monoisotopic (exact) mass is 385 g/mol. The SMILES string of the molecule is C=C1[B]C=c2c(CC)cc(S(=O)(=O)c3ccc(Br)cc3)cc2=C1. The molecule has 5 heteroatoms. The summed E-state index contributed by atoms with van der Waals surface area (Å²) >= 11 is 3.33. The van der Waals surface area contributed by atoms with Crippen LogP contribution in [0.2, 0.25) is 0 Å². The van der Waals surface area contributed by atoms with Crippen LogP contribution in [-0.4, -0.2) is 15.7 Å². The highest BCUT2D eigenvalue weighted by Gasteiger charge is 2.19. The van der Waals surface area contributed by atoms with Crippen molar-refractivity contribution in [2.75, 3.05) is 0 Å². The van der Waals surface area contributed by atoms with E-state index in [9.17, 15) is 8.42 Å². The van der Waals surface area contributed by atoms with E-state index >= 15 is 0 Å². The van der Waals surface area contributed by atoms with Crippen molar-refractivity contribution in [2.45, 2.75) is 23.1 Å². The van der Waals surface area contributed by atoms with E-state index in [-0.39, 0.29) is 0 Å². The molecular formula is C18H15BBrO2S. The van der Waals surface area contributed by atoms with Gasteiger partial charge < -0.3 is 0 Å². The third kappa shape index (κ3) is 3.08. The number of halogens is 1. The number of sulfone groups is 1. The zero-order valence-corrected chi connectivity index (χ0v) is 15.1. The van der Waals surface area contributed by atoms with Crippen LogP contribution in [0.15, 0.2) is 62.7 Å². The quantitative estimate of drug-likeness (QED) is 0.761. The van der Waals surface area contributed by atoms with Gasteiger partial charge in [0, 0.05) is 4.47 Å². The zero-order chi connectivity index (χ0) is 16.6. The van der Waals surface area contributed by atoms with Crippen LogP contribution in [-0.2, 0) is 16.3 Å². The number of hydrogen-bond acceptors (Lipinski definition) is 2. The summed E-state index contributed by atoms with van der Waals surface area (Å²) in [4.78, 5) is 0.627. The van der Waals surface area contributed by atoms with Crippen molar-refractivity contribution in [1.29, 1.82) is 0 Å². The van der Waals surface area contributed by atoms with Gasteiger partial charge >= 0.3 is 0 Å². The van der Waals surface area contributed by atoms with Gasteiger partial charge in [0.2, 0.25) is 9.84 Å². The minimum Gasteiger partial charge on any atom is -0.219 e. The molecule has 0 spiro atoms. The molecule has 2 aromatic carbocycles. The van der Waals surface area contributed by atoms with Crippen LogP contribution in [0.4, 0.5) is 0 Å². The predicted molar refractivity (Wildman–Crippen MR) is 98.5 cm³/mol. The molecule has 0 saturated carbocycles. The van der Waals surface area contributed by atoms with Crippen molar-refractivity contribution < 1.29 is 8.42 Å². The highest BCUT2D eigenvalue weighted by atomic mass is 79.9. The Morgan fingerprint density at radius 1 is 1.13 bits per heavy atom. The molecule has 23 heavy (non-hydrogen) atoms. The highest BCUT2D eigenvalue weighted by molar-refractivity contribution is 9.10. The van der Waals surface area contributed by atoms with Crippen LogP contribution < -0.4 is 10.4 Å². The lowest BCUT2D eigenvalue weighted by molar-refractivity contribution is 0.596. The van der Waals surface area contributed by atoms with E-state index in [1.807, 2.05) is 26.3 Å². The van der Waals surface area contributed by atoms with Crippen LogP contribution in [0.5, 0.6) is 0 Å². The van der Waals surface area contributed by atoms with Crippen molar-refractivity contribution in [2.24, 2.45) is 0 Å². The summed E-state index contributed by atoms with van der Waals surface area (Å²) in [7, 11) is -1.59. The summed E-state index contributed by atoms with van der Waals surface area (Å²) in [6, 6.07) is 10.2. The van der Waals surface area contributed by atoms with Crippen molar-refractivity contribution in [1.82, 2.24) is 0 Å². The van der Waals surface area contributed by atoms with Crippen molar-refractivity contribution in [3.05, 3.63) is 68.9 Å². The Bertz CT molecular complexity index is 1010. The predicted octanol–water partition coefficient (Wildman–Crippen LogP) is 2.59. The molecule has 1 aliphatic rings. The van der Waals surface area contributed by atoms with Gasteiger partial charge in [-0.15, -0.1) is 12.6 Å². The Hall–Kier alpha value is -1.59. The minimum atomic E-state index is -3.53. The maximum absolute atomic E-state index is 12.9. The molecule has 0 atom stereocenters. The molecule has 2 nitrogen and oxygen atoms in total. The van der Waals surface area contributed by atoms with Gasteiger partial charge in [0.05, 0.1) is 9.79 Å². The van der Waals surface area contributed by atoms with Crippen molar-refractivity contribution in [3.63, 3.8) is 0 Å². The molecule has 2 aromatic rings. The van der Waals surface area contributed by atoms with Gasteiger partial charge in [0.15, 0.2) is 7.28 Å². The molecule has 3 rings (SSSR count). The molecule has 115 valence electrons. The number of allylic oxidation sites excluding steroid dienone is 1. The van der Waals surface area contributed by atoms with Crippen molar-refractivity contribution >= 4 is 45.1 Å². The van der Waals surface area contributed by atoms with E-state index in [2.05, 4.69) is 22.5 Å². The van der Waals surface area contributed by atoms with Crippen LogP contribution in [0.3, 0.4) is 0 Å². The second-order valence-electron chi connectivity index (χ2n) is 5.45. The first-order valence-corrected chi connectivity index (χ1v) is 9.59. The maximum Gasteiger partial charge on any atom is 0.206 e. The van der Waals surface area contributed by atoms with Gasteiger partial charge in [-0.1, -0.05) is 34.4 Å². The summed E-state index contributed by atoms with van der Waals surface area (Å²) in [6.45, 7) is 5.96. The summed E-state index contributed by atoms with van der Waals surface area (Å²) in [5.41, 5.74) is 1.90. The van der Waals surface area contributed by atoms with E-state index in [0.29, 0.717) is 9.79 Å². The first kappa shape index (κ1) is 16.3. The fourth-order valence-electron chi connectivity index (χ4n) is 2.67. The van der Waals surface area contributed by atoms with E-state index in [4.69, 9.17) is 0 Å². The molecule has 0 bridgehead atoms. The summed E-state index contributed by atoms with van der Waals surface area (Å²) in [5.74, 6) is 2.01. The largest absolute Gasteiger partial charge is 0.219 e. The third-order valence-corrected chi connectivity index (χ3v) is 6.17. The molecule has 0 aliphatic carbocycles. The zero-order valence-electron chi connectivity index (χ0n) is 12.7. The molecule has 1 radical (unpaired) electrons. The Morgan fingerprint density at radius 2 is 1.83 bits per heavy atom. The summed E-state index contributed by atoms with van der Waals surface area (Å²) in [5, 5.41) is 1.99. The van der Waals surface area contributed by atoms with Crippen LogP contribution in [0, 0.1) is 0 Å². The van der Waals surface area contributed by atoms with E-state index in [0.717, 1.165) is 32.4 Å². The highest BCUT2D eigenvalue weighted by Crippen LogP contribution is 2.22. The maximum atomic E-state index is 12.9. The van der Waals surface area contributed by atoms with E-state index in [1.54, 1.807) is 36.4 Å². The Morgan fingerprint density at radius 3 is 2.48 bits per heavy atom. The molecule has 1 aliphatic heterocycles. The molecule has 0 N–H and O–H groups in total. The number of aryl methyl sites for hydroxylation is 1. The first-order valence-electron chi connectivity index (χ1n) is 7.31. The van der Waals surface area contributed by atoms with Gasteiger partial charge in [-0.05, 0) is 58.8 Å². The number of benzene rings is 2. The van der Waals surface area contributed by atoms with Crippen LogP contribution >= 0.6 is 15.9 Å². The third-order valence-electron chi connectivity index (χ3n) is 3.89. The lowest BCUT2D eigenvalue weighted by Crippen LogP contribution is -2.33. The summed E-state index contributed by atoms with van der Waals surface area (Å²) < 4.78 is 26.7. The second-order valence-corrected chi connectivity index (χ2v) is 8.31. The Labute approximate surface area is 145 Å². The molecule has 0 fully saturated rings. The van der Waals surface area contributed by atoms with Crippen LogP contribution in [0.1, 0.15) is 12.5 Å². The second kappa shape index (κ2) is 6.14. The molecular weight excluding hydrogens is 371 g/mol. The fourth-order valence-corrected chi connectivity index (χ4v) is 4.28. The van der Waals surface area contributed by atoms with E-state index in [1.165, 1.54) is 0 Å². The molecule has 1 heterocycles. The minimum absolute atomic E-state index is 0.299. The average Bonchev–Trinajstić information content (AvgIpc) is 2.53. The molecule has 0 amide bonds. The van der Waals surface area contributed by atoms with Crippen molar-refractivity contribution in [3.8, 4) is 0 Å². The van der Waals surface area contributed by atoms with E-state index < -0.39 is 9.84 Å². The topological polar surface area (TPSA) is 34.1 Å². The lowest BCUT2D eigenvalue weighted by atomic mass is 9.67.